The molecule has 2 heterocycles. The molecule has 3 nitrogen and oxygen atoms in total. The van der Waals surface area contributed by atoms with Crippen LogP contribution in [0.1, 0.15) is 29.5 Å². The molecule has 0 spiro atoms. The Balaban J connectivity index is 1.13. The van der Waals surface area contributed by atoms with Gasteiger partial charge < -0.3 is 4.74 Å². The van der Waals surface area contributed by atoms with Crippen molar-refractivity contribution in [3.8, 4) is 16.9 Å². The second-order valence-electron chi connectivity index (χ2n) is 8.36. The van der Waals surface area contributed by atoms with Crippen LogP contribution in [0.3, 0.4) is 0 Å². The number of rotatable bonds is 6. The van der Waals surface area contributed by atoms with Crippen molar-refractivity contribution in [3.63, 3.8) is 0 Å². The van der Waals surface area contributed by atoms with Crippen molar-refractivity contribution in [2.45, 2.75) is 43.4 Å². The summed E-state index contributed by atoms with van der Waals surface area (Å²) in [6.45, 7) is 3.03. The molecule has 0 radical (unpaired) electrons. The summed E-state index contributed by atoms with van der Waals surface area (Å²) in [7, 11) is 0. The van der Waals surface area contributed by atoms with Crippen LogP contribution in [0.2, 0.25) is 0 Å². The molecule has 0 N–H and O–H groups in total. The van der Waals surface area contributed by atoms with Crippen molar-refractivity contribution in [1.29, 1.82) is 0 Å². The summed E-state index contributed by atoms with van der Waals surface area (Å²) >= 11 is 1.66. The van der Waals surface area contributed by atoms with Gasteiger partial charge in [-0.3, -0.25) is 4.90 Å². The van der Waals surface area contributed by atoms with Crippen molar-refractivity contribution in [2.75, 3.05) is 19.3 Å². The summed E-state index contributed by atoms with van der Waals surface area (Å²) in [6.07, 6.45) is 9.47. The summed E-state index contributed by atoms with van der Waals surface area (Å²) in [6, 6.07) is 19.7. The van der Waals surface area contributed by atoms with Crippen LogP contribution >= 0.6 is 11.8 Å². The van der Waals surface area contributed by atoms with E-state index in [1.54, 1.807) is 22.9 Å². The maximum atomic E-state index is 6.18. The average Bonchev–Trinajstić information content (AvgIpc) is 2.78. The van der Waals surface area contributed by atoms with Gasteiger partial charge in [0.1, 0.15) is 11.9 Å². The van der Waals surface area contributed by atoms with E-state index < -0.39 is 0 Å². The van der Waals surface area contributed by atoms with E-state index in [1.807, 2.05) is 12.5 Å². The van der Waals surface area contributed by atoms with E-state index in [-0.39, 0.29) is 6.10 Å². The molecule has 1 saturated heterocycles. The minimum atomic E-state index is 0.288. The topological polar surface area (TPSA) is 25.4 Å². The minimum absolute atomic E-state index is 0.288. The molecular formula is C26H28N2OS. The fourth-order valence-corrected chi connectivity index (χ4v) is 4.82. The lowest BCUT2D eigenvalue weighted by molar-refractivity contribution is 0.0146. The maximum Gasteiger partial charge on any atom is 0.124 e. The summed E-state index contributed by atoms with van der Waals surface area (Å²) in [5.74, 6) is 0.950. The molecule has 2 aliphatic rings. The molecule has 4 heteroatoms. The lowest BCUT2D eigenvalue weighted by Crippen LogP contribution is -2.53. The maximum absolute atomic E-state index is 6.18. The monoisotopic (exact) mass is 416 g/mol. The van der Waals surface area contributed by atoms with Crippen LogP contribution < -0.4 is 4.74 Å². The fourth-order valence-electron chi connectivity index (χ4n) is 4.46. The first kappa shape index (κ1) is 19.7. The Kier molecular flexibility index (Phi) is 5.78. The van der Waals surface area contributed by atoms with Crippen molar-refractivity contribution in [1.82, 2.24) is 9.88 Å². The first-order valence-electron chi connectivity index (χ1n) is 10.9. The van der Waals surface area contributed by atoms with E-state index in [1.165, 1.54) is 36.8 Å². The number of thioether (sulfide) groups is 1. The zero-order valence-electron chi connectivity index (χ0n) is 17.5. The van der Waals surface area contributed by atoms with Crippen molar-refractivity contribution in [3.05, 3.63) is 77.5 Å². The fraction of sp³-hybridized carbons (Fsp3) is 0.346. The molecule has 3 aromatic rings. The quantitative estimate of drug-likeness (QED) is 0.488. The highest BCUT2D eigenvalue weighted by molar-refractivity contribution is 7.98. The van der Waals surface area contributed by atoms with Gasteiger partial charge in [0.15, 0.2) is 0 Å². The Morgan fingerprint density at radius 2 is 1.70 bits per heavy atom. The average molecular weight is 417 g/mol. The highest BCUT2D eigenvalue weighted by Crippen LogP contribution is 2.27. The van der Waals surface area contributed by atoms with E-state index in [2.05, 4.69) is 64.5 Å². The van der Waals surface area contributed by atoms with Crippen LogP contribution in [0.15, 0.2) is 65.8 Å². The van der Waals surface area contributed by atoms with Crippen LogP contribution in [0, 0.1) is 0 Å². The first-order valence-corrected chi connectivity index (χ1v) is 12.1. The number of hydrogen-bond donors (Lipinski definition) is 0. The Morgan fingerprint density at radius 1 is 0.933 bits per heavy atom. The lowest BCUT2D eigenvalue weighted by atomic mass is 9.90. The van der Waals surface area contributed by atoms with Crippen LogP contribution in [0.25, 0.3) is 11.1 Å². The summed E-state index contributed by atoms with van der Waals surface area (Å²) in [4.78, 5) is 6.93. The molecule has 2 aromatic carbocycles. The molecule has 0 unspecified atom stereocenters. The summed E-state index contributed by atoms with van der Waals surface area (Å²) in [5, 5.41) is 1.05. The van der Waals surface area contributed by atoms with Gasteiger partial charge >= 0.3 is 0 Å². The summed E-state index contributed by atoms with van der Waals surface area (Å²) < 4.78 is 6.18. The van der Waals surface area contributed by atoms with Crippen molar-refractivity contribution >= 4 is 11.8 Å². The molecule has 0 bridgehead atoms. The van der Waals surface area contributed by atoms with E-state index in [4.69, 9.17) is 4.74 Å². The van der Waals surface area contributed by atoms with Crippen LogP contribution in [0.5, 0.6) is 5.75 Å². The van der Waals surface area contributed by atoms with Crippen molar-refractivity contribution in [2.24, 2.45) is 0 Å². The van der Waals surface area contributed by atoms with Gasteiger partial charge in [-0.1, -0.05) is 36.4 Å². The zero-order valence-corrected chi connectivity index (χ0v) is 18.3. The van der Waals surface area contributed by atoms with E-state index >= 15 is 0 Å². The molecule has 1 aliphatic carbocycles. The van der Waals surface area contributed by atoms with Crippen LogP contribution in [-0.4, -0.2) is 35.3 Å². The molecule has 0 amide bonds. The van der Waals surface area contributed by atoms with Crippen LogP contribution in [0.4, 0.5) is 0 Å². The van der Waals surface area contributed by atoms with Crippen molar-refractivity contribution < 1.29 is 4.74 Å². The largest absolute Gasteiger partial charge is 0.488 e. The number of fused-ring (bicyclic) bond motifs is 1. The molecule has 154 valence electrons. The van der Waals surface area contributed by atoms with Gasteiger partial charge in [0, 0.05) is 31.4 Å². The van der Waals surface area contributed by atoms with E-state index in [0.717, 1.165) is 36.0 Å². The van der Waals surface area contributed by atoms with Gasteiger partial charge in [-0.15, -0.1) is 11.8 Å². The number of hydrogen-bond acceptors (Lipinski definition) is 4. The third-order valence-corrected chi connectivity index (χ3v) is 6.84. The molecular weight excluding hydrogens is 388 g/mol. The molecule has 1 fully saturated rings. The highest BCUT2D eigenvalue weighted by Gasteiger charge is 2.28. The number of nitrogens with zero attached hydrogens (tertiary/aromatic N) is 2. The zero-order chi connectivity index (χ0) is 20.3. The van der Waals surface area contributed by atoms with Gasteiger partial charge in [0.25, 0.3) is 0 Å². The smallest absolute Gasteiger partial charge is 0.124 e. The van der Waals surface area contributed by atoms with Gasteiger partial charge in [0.2, 0.25) is 0 Å². The lowest BCUT2D eigenvalue weighted by Gasteiger charge is -2.39. The third-order valence-electron chi connectivity index (χ3n) is 6.18. The minimum Gasteiger partial charge on any atom is -0.488 e. The molecule has 5 rings (SSSR count). The van der Waals surface area contributed by atoms with Gasteiger partial charge in [-0.2, -0.15) is 0 Å². The predicted molar refractivity (Wildman–Crippen MR) is 124 cm³/mol. The Labute approximate surface area is 183 Å². The number of pyridine rings is 1. The molecule has 1 aromatic heterocycles. The Bertz CT molecular complexity index is 995. The van der Waals surface area contributed by atoms with Gasteiger partial charge in [0.05, 0.1) is 5.03 Å². The number of aryl methyl sites for hydroxylation is 2. The highest BCUT2D eigenvalue weighted by atomic mass is 32.2. The van der Waals surface area contributed by atoms with Crippen LogP contribution in [-0.2, 0) is 19.4 Å². The molecule has 30 heavy (non-hydrogen) atoms. The van der Waals surface area contributed by atoms with Gasteiger partial charge in [-0.05, 0) is 72.4 Å². The third kappa shape index (κ3) is 4.40. The van der Waals surface area contributed by atoms with E-state index in [9.17, 15) is 0 Å². The standard InChI is InChI=1S/C26H28N2OS/c1-30-26-13-10-23(15-27-26)21-8-11-24(12-9-21)29-25-17-28(18-25)16-19-6-7-20-4-2-3-5-22(20)14-19/h6-15,25H,2-5,16-18H2,1H3. The molecule has 1 aliphatic heterocycles. The number of likely N-dealkylation sites (tertiary alicyclic amines) is 1. The van der Waals surface area contributed by atoms with Gasteiger partial charge in [-0.25, -0.2) is 4.98 Å². The second-order valence-corrected chi connectivity index (χ2v) is 9.18. The molecule has 0 saturated carbocycles. The summed E-state index contributed by atoms with van der Waals surface area (Å²) in [5.41, 5.74) is 6.89. The Hall–Kier alpha value is -2.30. The number of aromatic nitrogens is 1. The predicted octanol–water partition coefficient (Wildman–Crippen LogP) is 5.61. The Morgan fingerprint density at radius 3 is 2.43 bits per heavy atom. The first-order chi connectivity index (χ1) is 14.8. The normalized spacial score (nSPS) is 16.7. The SMILES string of the molecule is CSc1ccc(-c2ccc(OC3CN(Cc4ccc5c(c4)CCCC5)C3)cc2)cn1. The molecule has 0 atom stereocenters. The number of benzene rings is 2. The van der Waals surface area contributed by atoms with E-state index in [0.29, 0.717) is 0 Å². The number of ether oxygens (including phenoxy) is 1. The second kappa shape index (κ2) is 8.83.